The summed E-state index contributed by atoms with van der Waals surface area (Å²) in [5, 5.41) is 2.93. The second-order valence-electron chi connectivity index (χ2n) is 4.88. The van der Waals surface area contributed by atoms with Crippen LogP contribution in [0.5, 0.6) is 5.75 Å². The summed E-state index contributed by atoms with van der Waals surface area (Å²) in [5.41, 5.74) is 1.17. The minimum absolute atomic E-state index is 0.0358. The van der Waals surface area contributed by atoms with Gasteiger partial charge in [0.25, 0.3) is 0 Å². The summed E-state index contributed by atoms with van der Waals surface area (Å²) < 4.78 is 5.75. The van der Waals surface area contributed by atoms with Crippen molar-refractivity contribution in [2.45, 2.75) is 26.0 Å². The standard InChI is InChI=1S/C13H15NO2/c1-7(2)10-11-8-5-3-4-6-9(8)16-13(11)14-12(10)15/h3-7,10-11,13H,1-2H3,(H,14,15)/t10-,11-,13-/m0/s1. The van der Waals surface area contributed by atoms with Crippen molar-refractivity contribution in [3.05, 3.63) is 29.8 Å². The fourth-order valence-corrected chi connectivity index (χ4v) is 2.85. The van der Waals surface area contributed by atoms with Crippen LogP contribution in [0.4, 0.5) is 0 Å². The first-order valence-electron chi connectivity index (χ1n) is 5.74. The summed E-state index contributed by atoms with van der Waals surface area (Å²) in [4.78, 5) is 11.8. The second kappa shape index (κ2) is 3.24. The number of carbonyl (C=O) groups is 1. The molecule has 1 saturated heterocycles. The highest BCUT2D eigenvalue weighted by Crippen LogP contribution is 2.46. The zero-order valence-corrected chi connectivity index (χ0v) is 9.44. The number of hydrogen-bond acceptors (Lipinski definition) is 2. The lowest BCUT2D eigenvalue weighted by molar-refractivity contribution is -0.124. The van der Waals surface area contributed by atoms with Crippen molar-refractivity contribution >= 4 is 5.91 Å². The predicted molar refractivity (Wildman–Crippen MR) is 60.1 cm³/mol. The van der Waals surface area contributed by atoms with E-state index in [0.29, 0.717) is 5.92 Å². The number of hydrogen-bond donors (Lipinski definition) is 1. The van der Waals surface area contributed by atoms with Crippen LogP contribution >= 0.6 is 0 Å². The zero-order chi connectivity index (χ0) is 11.3. The van der Waals surface area contributed by atoms with Gasteiger partial charge in [0.05, 0.1) is 11.8 Å². The van der Waals surface area contributed by atoms with Crippen LogP contribution in [0.1, 0.15) is 25.3 Å². The lowest BCUT2D eigenvalue weighted by atomic mass is 9.81. The Morgan fingerprint density at radius 3 is 2.81 bits per heavy atom. The van der Waals surface area contributed by atoms with Gasteiger partial charge in [-0.05, 0) is 12.0 Å². The van der Waals surface area contributed by atoms with E-state index in [9.17, 15) is 4.79 Å². The molecule has 0 radical (unpaired) electrons. The monoisotopic (exact) mass is 217 g/mol. The number of carbonyl (C=O) groups excluding carboxylic acids is 1. The van der Waals surface area contributed by atoms with Gasteiger partial charge in [-0.2, -0.15) is 0 Å². The first kappa shape index (κ1) is 9.70. The fourth-order valence-electron chi connectivity index (χ4n) is 2.85. The molecule has 0 bridgehead atoms. The molecule has 0 spiro atoms. The van der Waals surface area contributed by atoms with Gasteiger partial charge >= 0.3 is 0 Å². The molecule has 3 rings (SSSR count). The van der Waals surface area contributed by atoms with Gasteiger partial charge in [-0.25, -0.2) is 0 Å². The lowest BCUT2D eigenvalue weighted by Crippen LogP contribution is -2.30. The van der Waals surface area contributed by atoms with Gasteiger partial charge < -0.3 is 10.1 Å². The maximum absolute atomic E-state index is 11.8. The third kappa shape index (κ3) is 1.17. The van der Waals surface area contributed by atoms with E-state index < -0.39 is 0 Å². The summed E-state index contributed by atoms with van der Waals surface area (Å²) in [6.45, 7) is 4.18. The van der Waals surface area contributed by atoms with Crippen LogP contribution < -0.4 is 10.1 Å². The van der Waals surface area contributed by atoms with Crippen LogP contribution in [0.2, 0.25) is 0 Å². The molecular weight excluding hydrogens is 202 g/mol. The number of rotatable bonds is 1. The first-order valence-corrected chi connectivity index (χ1v) is 5.74. The first-order chi connectivity index (χ1) is 7.68. The molecule has 3 nitrogen and oxygen atoms in total. The van der Waals surface area contributed by atoms with E-state index in [1.54, 1.807) is 0 Å². The number of amides is 1. The molecule has 84 valence electrons. The minimum Gasteiger partial charge on any atom is -0.470 e. The van der Waals surface area contributed by atoms with Gasteiger partial charge in [0, 0.05) is 5.56 Å². The van der Waals surface area contributed by atoms with Crippen LogP contribution in [0.15, 0.2) is 24.3 Å². The predicted octanol–water partition coefficient (Wildman–Crippen LogP) is 1.89. The Morgan fingerprint density at radius 1 is 1.31 bits per heavy atom. The normalized spacial score (nSPS) is 30.9. The van der Waals surface area contributed by atoms with Gasteiger partial charge in [0.2, 0.25) is 5.91 Å². The fraction of sp³-hybridized carbons (Fsp3) is 0.462. The highest BCUT2D eigenvalue weighted by atomic mass is 16.5. The number of benzene rings is 1. The molecule has 1 aromatic rings. The molecule has 0 aromatic heterocycles. The van der Waals surface area contributed by atoms with Gasteiger partial charge in [-0.1, -0.05) is 32.0 Å². The Hall–Kier alpha value is -1.51. The molecule has 0 unspecified atom stereocenters. The van der Waals surface area contributed by atoms with Gasteiger partial charge in [-0.15, -0.1) is 0 Å². The quantitative estimate of drug-likeness (QED) is 0.780. The molecule has 0 aliphatic carbocycles. The Bertz CT molecular complexity index is 441. The largest absolute Gasteiger partial charge is 0.470 e. The van der Waals surface area contributed by atoms with Crippen molar-refractivity contribution < 1.29 is 9.53 Å². The topological polar surface area (TPSA) is 38.3 Å². The highest BCUT2D eigenvalue weighted by molar-refractivity contribution is 5.84. The smallest absolute Gasteiger partial charge is 0.227 e. The van der Waals surface area contributed by atoms with E-state index in [2.05, 4.69) is 25.2 Å². The maximum Gasteiger partial charge on any atom is 0.227 e. The van der Waals surface area contributed by atoms with Gasteiger partial charge in [0.1, 0.15) is 5.75 Å². The molecular formula is C13H15NO2. The molecule has 1 N–H and O–H groups in total. The van der Waals surface area contributed by atoms with E-state index in [1.807, 2.05) is 18.2 Å². The van der Waals surface area contributed by atoms with E-state index in [0.717, 1.165) is 5.75 Å². The third-order valence-electron chi connectivity index (χ3n) is 3.55. The average Bonchev–Trinajstić information content (AvgIpc) is 2.71. The zero-order valence-electron chi connectivity index (χ0n) is 9.44. The van der Waals surface area contributed by atoms with Crippen molar-refractivity contribution in [1.29, 1.82) is 0 Å². The van der Waals surface area contributed by atoms with Crippen LogP contribution in [-0.2, 0) is 4.79 Å². The average molecular weight is 217 g/mol. The number of para-hydroxylation sites is 1. The molecule has 1 amide bonds. The van der Waals surface area contributed by atoms with Crippen molar-refractivity contribution in [3.8, 4) is 5.75 Å². The molecule has 1 fully saturated rings. The van der Waals surface area contributed by atoms with Crippen molar-refractivity contribution in [1.82, 2.24) is 5.32 Å². The summed E-state index contributed by atoms with van der Waals surface area (Å²) in [7, 11) is 0. The Morgan fingerprint density at radius 2 is 2.06 bits per heavy atom. The maximum atomic E-state index is 11.8. The lowest BCUT2D eigenvalue weighted by Gasteiger charge is -2.17. The van der Waals surface area contributed by atoms with Crippen LogP contribution in [0.25, 0.3) is 0 Å². The van der Waals surface area contributed by atoms with Crippen molar-refractivity contribution in [2.24, 2.45) is 11.8 Å². The summed E-state index contributed by atoms with van der Waals surface area (Å²) >= 11 is 0. The van der Waals surface area contributed by atoms with Crippen LogP contribution in [-0.4, -0.2) is 12.1 Å². The molecule has 0 saturated carbocycles. The Balaban J connectivity index is 2.05. The van der Waals surface area contributed by atoms with Crippen LogP contribution in [0, 0.1) is 11.8 Å². The molecule has 2 aliphatic rings. The van der Waals surface area contributed by atoms with Crippen molar-refractivity contribution in [3.63, 3.8) is 0 Å². The Labute approximate surface area is 94.8 Å². The summed E-state index contributed by atoms with van der Waals surface area (Å²) in [6.07, 6.45) is -0.155. The molecule has 3 atom stereocenters. The Kier molecular flexibility index (Phi) is 1.96. The van der Waals surface area contributed by atoms with E-state index in [4.69, 9.17) is 4.74 Å². The second-order valence-corrected chi connectivity index (χ2v) is 4.88. The molecule has 3 heteroatoms. The van der Waals surface area contributed by atoms with Gasteiger partial charge in [0.15, 0.2) is 6.23 Å². The van der Waals surface area contributed by atoms with E-state index >= 15 is 0 Å². The SMILES string of the molecule is CC(C)[C@@H]1C(=O)N[C@H]2Oc3ccccc3[C@H]21. The van der Waals surface area contributed by atoms with E-state index in [-0.39, 0.29) is 24.0 Å². The summed E-state index contributed by atoms with van der Waals surface area (Å²) in [6, 6.07) is 8.00. The molecule has 16 heavy (non-hydrogen) atoms. The van der Waals surface area contributed by atoms with Gasteiger partial charge in [-0.3, -0.25) is 4.79 Å². The number of ether oxygens (including phenoxy) is 1. The van der Waals surface area contributed by atoms with Crippen LogP contribution in [0.3, 0.4) is 0 Å². The molecule has 1 aromatic carbocycles. The summed E-state index contributed by atoms with van der Waals surface area (Å²) in [5.74, 6) is 1.60. The number of nitrogens with one attached hydrogen (secondary N) is 1. The highest BCUT2D eigenvalue weighted by Gasteiger charge is 2.50. The van der Waals surface area contributed by atoms with Crippen molar-refractivity contribution in [2.75, 3.05) is 0 Å². The number of fused-ring (bicyclic) bond motifs is 3. The minimum atomic E-state index is -0.155. The molecule has 2 heterocycles. The van der Waals surface area contributed by atoms with E-state index in [1.165, 1.54) is 5.56 Å². The third-order valence-corrected chi connectivity index (χ3v) is 3.55. The molecule has 2 aliphatic heterocycles.